The Balaban J connectivity index is 2.47. The van der Waals surface area contributed by atoms with Crippen molar-refractivity contribution in [3.63, 3.8) is 0 Å². The van der Waals surface area contributed by atoms with Crippen molar-refractivity contribution in [3.05, 3.63) is 23.9 Å². The van der Waals surface area contributed by atoms with Crippen molar-refractivity contribution >= 4 is 11.8 Å². The van der Waals surface area contributed by atoms with Gasteiger partial charge < -0.3 is 11.1 Å². The maximum atomic E-state index is 11.2. The molecule has 0 bridgehead atoms. The van der Waals surface area contributed by atoms with E-state index >= 15 is 0 Å². The summed E-state index contributed by atoms with van der Waals surface area (Å²) in [5, 5.41) is 5.19. The van der Waals surface area contributed by atoms with Gasteiger partial charge in [-0.1, -0.05) is 0 Å². The van der Waals surface area contributed by atoms with Gasteiger partial charge in [-0.05, 0) is 24.6 Å². The second-order valence-corrected chi connectivity index (χ2v) is 2.89. The average molecular weight is 194 g/mol. The summed E-state index contributed by atoms with van der Waals surface area (Å²) in [4.78, 5) is 15.1. The topological polar surface area (TPSA) is 80.0 Å². The van der Waals surface area contributed by atoms with E-state index in [0.717, 1.165) is 5.56 Å². The molecule has 0 fully saturated rings. The predicted octanol–water partition coefficient (Wildman–Crippen LogP) is 0.470. The van der Waals surface area contributed by atoms with Gasteiger partial charge in [0, 0.05) is 19.3 Å². The number of aryl methyl sites for hydroxylation is 1. The van der Waals surface area contributed by atoms with Crippen molar-refractivity contribution in [2.75, 3.05) is 18.4 Å². The Morgan fingerprint density at radius 1 is 1.64 bits per heavy atom. The Morgan fingerprint density at radius 3 is 3.07 bits per heavy atom. The molecule has 76 valence electrons. The number of amides is 2. The lowest BCUT2D eigenvalue weighted by molar-refractivity contribution is 0.252. The van der Waals surface area contributed by atoms with Crippen molar-refractivity contribution in [1.82, 2.24) is 10.3 Å². The summed E-state index contributed by atoms with van der Waals surface area (Å²) in [5.41, 5.74) is 6.29. The van der Waals surface area contributed by atoms with Crippen LogP contribution in [0.15, 0.2) is 18.3 Å². The number of anilines is 1. The summed E-state index contributed by atoms with van der Waals surface area (Å²) >= 11 is 0. The summed E-state index contributed by atoms with van der Waals surface area (Å²) in [7, 11) is 0. The maximum Gasteiger partial charge on any atom is 0.320 e. The molecule has 1 aromatic rings. The van der Waals surface area contributed by atoms with E-state index in [4.69, 9.17) is 5.73 Å². The van der Waals surface area contributed by atoms with E-state index < -0.39 is 0 Å². The van der Waals surface area contributed by atoms with Gasteiger partial charge in [0.2, 0.25) is 0 Å². The molecule has 5 heteroatoms. The highest BCUT2D eigenvalue weighted by molar-refractivity contribution is 5.88. The van der Waals surface area contributed by atoms with Gasteiger partial charge in [0.05, 0.1) is 0 Å². The second kappa shape index (κ2) is 5.18. The van der Waals surface area contributed by atoms with E-state index in [1.165, 1.54) is 0 Å². The minimum Gasteiger partial charge on any atom is -0.337 e. The minimum absolute atomic E-state index is 0.284. The van der Waals surface area contributed by atoms with E-state index in [-0.39, 0.29) is 6.03 Å². The van der Waals surface area contributed by atoms with E-state index in [2.05, 4.69) is 15.6 Å². The Kier molecular flexibility index (Phi) is 3.87. The summed E-state index contributed by atoms with van der Waals surface area (Å²) in [6.45, 7) is 2.82. The number of pyridine rings is 1. The molecule has 0 spiro atoms. The molecule has 5 nitrogen and oxygen atoms in total. The molecule has 0 aliphatic rings. The first-order valence-electron chi connectivity index (χ1n) is 4.40. The van der Waals surface area contributed by atoms with E-state index in [1.807, 2.05) is 13.0 Å². The van der Waals surface area contributed by atoms with Crippen molar-refractivity contribution in [2.24, 2.45) is 5.73 Å². The number of nitrogens with one attached hydrogen (secondary N) is 2. The zero-order chi connectivity index (χ0) is 10.4. The zero-order valence-electron chi connectivity index (χ0n) is 8.08. The molecule has 1 heterocycles. The lowest BCUT2D eigenvalue weighted by atomic mass is 10.3. The van der Waals surface area contributed by atoms with Crippen LogP contribution in [0.25, 0.3) is 0 Å². The maximum absolute atomic E-state index is 11.2. The Hall–Kier alpha value is -1.62. The monoisotopic (exact) mass is 194 g/mol. The fourth-order valence-corrected chi connectivity index (χ4v) is 0.951. The zero-order valence-corrected chi connectivity index (χ0v) is 8.08. The van der Waals surface area contributed by atoms with Crippen LogP contribution in [-0.2, 0) is 0 Å². The highest BCUT2D eigenvalue weighted by Crippen LogP contribution is 2.04. The Morgan fingerprint density at radius 2 is 2.43 bits per heavy atom. The third-order valence-electron chi connectivity index (χ3n) is 1.59. The second-order valence-electron chi connectivity index (χ2n) is 2.89. The van der Waals surface area contributed by atoms with Crippen LogP contribution in [-0.4, -0.2) is 24.1 Å². The van der Waals surface area contributed by atoms with E-state index in [0.29, 0.717) is 18.9 Å². The van der Waals surface area contributed by atoms with Crippen molar-refractivity contribution < 1.29 is 4.79 Å². The fraction of sp³-hybridized carbons (Fsp3) is 0.333. The van der Waals surface area contributed by atoms with Crippen molar-refractivity contribution in [3.8, 4) is 0 Å². The largest absolute Gasteiger partial charge is 0.337 e. The molecule has 0 atom stereocenters. The predicted molar refractivity (Wildman–Crippen MR) is 55.0 cm³/mol. The number of hydrogen-bond donors (Lipinski definition) is 3. The van der Waals surface area contributed by atoms with Crippen LogP contribution in [0.4, 0.5) is 10.6 Å². The van der Waals surface area contributed by atoms with Crippen molar-refractivity contribution in [1.29, 1.82) is 0 Å². The molecule has 0 unspecified atom stereocenters. The van der Waals surface area contributed by atoms with Gasteiger partial charge in [0.25, 0.3) is 0 Å². The van der Waals surface area contributed by atoms with Crippen LogP contribution in [0.1, 0.15) is 5.56 Å². The van der Waals surface area contributed by atoms with E-state index in [1.54, 1.807) is 12.3 Å². The Labute approximate surface area is 82.7 Å². The van der Waals surface area contributed by atoms with Crippen LogP contribution in [0.2, 0.25) is 0 Å². The van der Waals surface area contributed by atoms with E-state index in [9.17, 15) is 4.79 Å². The molecule has 14 heavy (non-hydrogen) atoms. The molecule has 0 saturated heterocycles. The molecule has 0 aromatic carbocycles. The molecule has 1 aromatic heterocycles. The molecular weight excluding hydrogens is 180 g/mol. The molecule has 0 aliphatic carbocycles. The molecule has 4 N–H and O–H groups in total. The van der Waals surface area contributed by atoms with Crippen molar-refractivity contribution in [2.45, 2.75) is 6.92 Å². The highest BCUT2D eigenvalue weighted by Gasteiger charge is 2.00. The van der Waals surface area contributed by atoms with Gasteiger partial charge in [-0.25, -0.2) is 9.78 Å². The number of carbonyl (C=O) groups excluding carboxylic acids is 1. The van der Waals surface area contributed by atoms with Gasteiger partial charge in [-0.3, -0.25) is 5.32 Å². The number of nitrogens with zero attached hydrogens (tertiary/aromatic N) is 1. The summed E-state index contributed by atoms with van der Waals surface area (Å²) < 4.78 is 0. The fourth-order valence-electron chi connectivity index (χ4n) is 0.951. The standard InChI is InChI=1S/C9H14N4O/c1-7-2-4-11-8(6-7)13-9(14)12-5-3-10/h2,4,6H,3,5,10H2,1H3,(H2,11,12,13,14). The molecule has 0 aliphatic heterocycles. The van der Waals surface area contributed by atoms with Crippen LogP contribution >= 0.6 is 0 Å². The number of aromatic nitrogens is 1. The van der Waals surface area contributed by atoms with Gasteiger partial charge in [-0.15, -0.1) is 0 Å². The molecule has 1 rings (SSSR count). The molecular formula is C9H14N4O. The van der Waals surface area contributed by atoms with Crippen LogP contribution < -0.4 is 16.4 Å². The number of hydrogen-bond acceptors (Lipinski definition) is 3. The lowest BCUT2D eigenvalue weighted by Crippen LogP contribution is -2.33. The van der Waals surface area contributed by atoms with Crippen LogP contribution in [0.5, 0.6) is 0 Å². The third kappa shape index (κ3) is 3.40. The van der Waals surface area contributed by atoms with Gasteiger partial charge in [0.15, 0.2) is 0 Å². The average Bonchev–Trinajstić information content (AvgIpc) is 2.15. The normalized spacial score (nSPS) is 9.57. The van der Waals surface area contributed by atoms with Crippen LogP contribution in [0.3, 0.4) is 0 Å². The minimum atomic E-state index is -0.284. The molecule has 0 radical (unpaired) electrons. The van der Waals surface area contributed by atoms with Crippen LogP contribution in [0, 0.1) is 6.92 Å². The highest BCUT2D eigenvalue weighted by atomic mass is 16.2. The number of nitrogens with two attached hydrogens (primary N) is 1. The van der Waals surface area contributed by atoms with Gasteiger partial charge in [-0.2, -0.15) is 0 Å². The number of rotatable bonds is 3. The third-order valence-corrected chi connectivity index (χ3v) is 1.59. The Bertz CT molecular complexity index is 313. The van der Waals surface area contributed by atoms with Gasteiger partial charge in [0.1, 0.15) is 5.82 Å². The summed E-state index contributed by atoms with van der Waals surface area (Å²) in [6.07, 6.45) is 1.65. The summed E-state index contributed by atoms with van der Waals surface area (Å²) in [5.74, 6) is 0.541. The summed E-state index contributed by atoms with van der Waals surface area (Å²) in [6, 6.07) is 3.37. The number of urea groups is 1. The van der Waals surface area contributed by atoms with Gasteiger partial charge >= 0.3 is 6.03 Å². The first-order valence-corrected chi connectivity index (χ1v) is 4.40. The SMILES string of the molecule is Cc1ccnc(NC(=O)NCCN)c1. The lowest BCUT2D eigenvalue weighted by Gasteiger charge is -2.05. The first-order chi connectivity index (χ1) is 6.72. The smallest absolute Gasteiger partial charge is 0.320 e. The first kappa shape index (κ1) is 10.5. The quantitative estimate of drug-likeness (QED) is 0.654. The molecule has 2 amide bonds. The molecule has 0 saturated carbocycles. The number of carbonyl (C=O) groups is 1.